The van der Waals surface area contributed by atoms with Crippen LogP contribution >= 0.6 is 23.2 Å². The molecule has 0 amide bonds. The van der Waals surface area contributed by atoms with E-state index in [4.69, 9.17) is 28.9 Å². The second kappa shape index (κ2) is 6.01. The lowest BCUT2D eigenvalue weighted by Gasteiger charge is -2.09. The van der Waals surface area contributed by atoms with Gasteiger partial charge in [-0.1, -0.05) is 35.3 Å². The molecule has 20 heavy (non-hydrogen) atoms. The van der Waals surface area contributed by atoms with Gasteiger partial charge in [-0.2, -0.15) is 0 Å². The molecule has 2 rings (SSSR count). The van der Waals surface area contributed by atoms with Crippen LogP contribution in [0.25, 0.3) is 0 Å². The van der Waals surface area contributed by atoms with Gasteiger partial charge in [0.2, 0.25) is 10.0 Å². The van der Waals surface area contributed by atoms with Crippen molar-refractivity contribution in [3.05, 3.63) is 58.1 Å². The second-order valence-electron chi connectivity index (χ2n) is 4.14. The lowest BCUT2D eigenvalue weighted by molar-refractivity contribution is 0.582. The fourth-order valence-corrected chi connectivity index (χ4v) is 3.27. The van der Waals surface area contributed by atoms with Gasteiger partial charge in [-0.15, -0.1) is 0 Å². The first-order valence-electron chi connectivity index (χ1n) is 5.67. The van der Waals surface area contributed by atoms with E-state index in [1.165, 1.54) is 18.2 Å². The third kappa shape index (κ3) is 3.64. The lowest BCUT2D eigenvalue weighted by atomic mass is 10.2. The zero-order valence-corrected chi connectivity index (χ0v) is 12.6. The molecule has 0 spiro atoms. The molecular formula is C13H12Cl2N2O2S. The van der Waals surface area contributed by atoms with Gasteiger partial charge in [0.05, 0.1) is 5.69 Å². The Bertz CT molecular complexity index is 733. The fraction of sp³-hybridized carbons (Fsp3) is 0.0769. The highest BCUT2D eigenvalue weighted by atomic mass is 35.5. The van der Waals surface area contributed by atoms with Crippen molar-refractivity contribution in [3.8, 4) is 0 Å². The molecule has 2 aromatic rings. The SMILES string of the molecule is Nc1ccc(Cl)cc1S(=O)(=O)NCc1cccc(Cl)c1. The van der Waals surface area contributed by atoms with Crippen molar-refractivity contribution in [2.75, 3.05) is 5.73 Å². The quantitative estimate of drug-likeness (QED) is 0.846. The normalized spacial score (nSPS) is 11.5. The van der Waals surface area contributed by atoms with Crippen LogP contribution < -0.4 is 10.5 Å². The van der Waals surface area contributed by atoms with E-state index in [1.807, 2.05) is 0 Å². The Balaban J connectivity index is 2.21. The van der Waals surface area contributed by atoms with Crippen molar-refractivity contribution in [1.82, 2.24) is 4.72 Å². The zero-order valence-electron chi connectivity index (χ0n) is 10.3. The van der Waals surface area contributed by atoms with Gasteiger partial charge in [0, 0.05) is 16.6 Å². The molecule has 0 unspecified atom stereocenters. The maximum absolute atomic E-state index is 12.2. The first kappa shape index (κ1) is 15.1. The van der Waals surface area contributed by atoms with Gasteiger partial charge in [-0.25, -0.2) is 13.1 Å². The lowest BCUT2D eigenvalue weighted by Crippen LogP contribution is -2.24. The predicted octanol–water partition coefficient (Wildman–Crippen LogP) is 3.05. The molecule has 0 atom stereocenters. The molecule has 2 aromatic carbocycles. The van der Waals surface area contributed by atoms with E-state index in [0.717, 1.165) is 5.56 Å². The van der Waals surface area contributed by atoms with Crippen molar-refractivity contribution in [1.29, 1.82) is 0 Å². The third-order valence-corrected chi connectivity index (χ3v) is 4.55. The minimum atomic E-state index is -3.73. The summed E-state index contributed by atoms with van der Waals surface area (Å²) in [7, 11) is -3.73. The standard InChI is InChI=1S/C13H12Cl2N2O2S/c14-10-3-1-2-9(6-10)8-17-20(18,19)13-7-11(15)4-5-12(13)16/h1-7,17H,8,16H2. The van der Waals surface area contributed by atoms with Crippen LogP contribution in [0.2, 0.25) is 10.0 Å². The maximum atomic E-state index is 12.2. The Kier molecular flexibility index (Phi) is 4.55. The van der Waals surface area contributed by atoms with Crippen LogP contribution in [0.3, 0.4) is 0 Å². The van der Waals surface area contributed by atoms with Crippen molar-refractivity contribution >= 4 is 38.9 Å². The molecule has 0 saturated heterocycles. The van der Waals surface area contributed by atoms with Crippen LogP contribution in [0, 0.1) is 0 Å². The summed E-state index contributed by atoms with van der Waals surface area (Å²) in [6.07, 6.45) is 0. The number of sulfonamides is 1. The molecule has 0 bridgehead atoms. The number of nitrogens with one attached hydrogen (secondary N) is 1. The van der Waals surface area contributed by atoms with Gasteiger partial charge in [-0.3, -0.25) is 0 Å². The molecule has 0 aliphatic rings. The molecule has 3 N–H and O–H groups in total. The number of benzene rings is 2. The summed E-state index contributed by atoms with van der Waals surface area (Å²) >= 11 is 11.6. The van der Waals surface area contributed by atoms with E-state index >= 15 is 0 Å². The summed E-state index contributed by atoms with van der Waals surface area (Å²) < 4.78 is 26.8. The molecule has 0 radical (unpaired) electrons. The Morgan fingerprint density at radius 2 is 1.75 bits per heavy atom. The average molecular weight is 331 g/mol. The predicted molar refractivity (Wildman–Crippen MR) is 81.3 cm³/mol. The molecule has 0 fully saturated rings. The molecule has 0 saturated carbocycles. The number of nitrogen functional groups attached to an aromatic ring is 1. The number of hydrogen-bond acceptors (Lipinski definition) is 3. The van der Waals surface area contributed by atoms with E-state index < -0.39 is 10.0 Å². The Labute approximate surface area is 127 Å². The van der Waals surface area contributed by atoms with Crippen molar-refractivity contribution < 1.29 is 8.42 Å². The van der Waals surface area contributed by atoms with Crippen molar-refractivity contribution in [2.24, 2.45) is 0 Å². The number of rotatable bonds is 4. The van der Waals surface area contributed by atoms with Crippen LogP contribution in [-0.4, -0.2) is 8.42 Å². The molecule has 0 aromatic heterocycles. The maximum Gasteiger partial charge on any atom is 0.242 e. The van der Waals surface area contributed by atoms with Gasteiger partial charge < -0.3 is 5.73 Å². The minimum Gasteiger partial charge on any atom is -0.398 e. The van der Waals surface area contributed by atoms with Crippen LogP contribution in [0.4, 0.5) is 5.69 Å². The van der Waals surface area contributed by atoms with Gasteiger partial charge >= 0.3 is 0 Å². The summed E-state index contributed by atoms with van der Waals surface area (Å²) in [5.41, 5.74) is 6.57. The smallest absolute Gasteiger partial charge is 0.242 e. The van der Waals surface area contributed by atoms with E-state index in [2.05, 4.69) is 4.72 Å². The summed E-state index contributed by atoms with van der Waals surface area (Å²) in [5, 5.41) is 0.853. The van der Waals surface area contributed by atoms with Crippen molar-refractivity contribution in [2.45, 2.75) is 11.4 Å². The molecule has 7 heteroatoms. The molecular weight excluding hydrogens is 319 g/mol. The highest BCUT2D eigenvalue weighted by Gasteiger charge is 2.17. The largest absolute Gasteiger partial charge is 0.398 e. The topological polar surface area (TPSA) is 72.2 Å². The molecule has 0 aliphatic carbocycles. The molecule has 0 heterocycles. The average Bonchev–Trinajstić information content (AvgIpc) is 2.39. The molecule has 106 valence electrons. The van der Waals surface area contributed by atoms with Crippen molar-refractivity contribution in [3.63, 3.8) is 0 Å². The van der Waals surface area contributed by atoms with E-state index in [-0.39, 0.29) is 17.1 Å². The summed E-state index contributed by atoms with van der Waals surface area (Å²) in [6, 6.07) is 11.2. The molecule has 4 nitrogen and oxygen atoms in total. The van der Waals surface area contributed by atoms with Crippen LogP contribution in [-0.2, 0) is 16.6 Å². The van der Waals surface area contributed by atoms with E-state index in [0.29, 0.717) is 10.0 Å². The van der Waals surface area contributed by atoms with Crippen LogP contribution in [0.1, 0.15) is 5.56 Å². The minimum absolute atomic E-state index is 0.0352. The van der Waals surface area contributed by atoms with E-state index in [1.54, 1.807) is 24.3 Å². The van der Waals surface area contributed by atoms with Gasteiger partial charge in [0.25, 0.3) is 0 Å². The number of hydrogen-bond donors (Lipinski definition) is 2. The van der Waals surface area contributed by atoms with Gasteiger partial charge in [-0.05, 0) is 35.9 Å². The second-order valence-corrected chi connectivity index (χ2v) is 6.74. The highest BCUT2D eigenvalue weighted by molar-refractivity contribution is 7.89. The highest BCUT2D eigenvalue weighted by Crippen LogP contribution is 2.22. The third-order valence-electron chi connectivity index (χ3n) is 2.62. The Morgan fingerprint density at radius 3 is 2.45 bits per heavy atom. The number of nitrogens with two attached hydrogens (primary N) is 1. The first-order chi connectivity index (χ1) is 9.38. The van der Waals surface area contributed by atoms with E-state index in [9.17, 15) is 8.42 Å². The summed E-state index contributed by atoms with van der Waals surface area (Å²) in [5.74, 6) is 0. The van der Waals surface area contributed by atoms with Crippen LogP contribution in [0.15, 0.2) is 47.4 Å². The first-order valence-corrected chi connectivity index (χ1v) is 7.91. The number of anilines is 1. The number of halogens is 2. The monoisotopic (exact) mass is 330 g/mol. The van der Waals surface area contributed by atoms with Gasteiger partial charge in [0.15, 0.2) is 0 Å². The fourth-order valence-electron chi connectivity index (χ4n) is 1.64. The zero-order chi connectivity index (χ0) is 14.8. The summed E-state index contributed by atoms with van der Waals surface area (Å²) in [6.45, 7) is 0.120. The van der Waals surface area contributed by atoms with Gasteiger partial charge in [0.1, 0.15) is 4.90 Å². The molecule has 0 aliphatic heterocycles. The Hall–Kier alpha value is -1.27. The summed E-state index contributed by atoms with van der Waals surface area (Å²) in [4.78, 5) is -0.0352. The van der Waals surface area contributed by atoms with Crippen LogP contribution in [0.5, 0.6) is 0 Å². The Morgan fingerprint density at radius 1 is 1.05 bits per heavy atom.